The third-order valence-corrected chi connectivity index (χ3v) is 5.44. The van der Waals surface area contributed by atoms with Crippen LogP contribution in [0.25, 0.3) is 0 Å². The number of nitrogens with one attached hydrogen (secondary N) is 1. The Balaban J connectivity index is 1.62. The van der Waals surface area contributed by atoms with Crippen molar-refractivity contribution in [1.29, 1.82) is 0 Å². The standard InChI is InChI=1S/C19H24ClN3O3/c1-22(2)16-8-7-12(20)11-15(16)21-17(24)9-10-23-18(25)13-5-3-4-6-14(13)19(23)26/h7-8,11,13-14H,3-6,9-10H2,1-2H3,(H,21,24). The zero-order valence-corrected chi connectivity index (χ0v) is 15.9. The Bertz CT molecular complexity index is 711. The first-order valence-electron chi connectivity index (χ1n) is 9.00. The molecule has 1 aromatic rings. The molecule has 7 heteroatoms. The number of rotatable bonds is 5. The van der Waals surface area contributed by atoms with Crippen LogP contribution in [0.15, 0.2) is 18.2 Å². The molecule has 0 radical (unpaired) electrons. The summed E-state index contributed by atoms with van der Waals surface area (Å²) in [6.45, 7) is 0.133. The predicted octanol–water partition coefficient (Wildman–Crippen LogP) is 2.91. The van der Waals surface area contributed by atoms with E-state index in [0.717, 1.165) is 31.4 Å². The second-order valence-corrected chi connectivity index (χ2v) is 7.62. The lowest BCUT2D eigenvalue weighted by molar-refractivity contribution is -0.140. The van der Waals surface area contributed by atoms with Gasteiger partial charge in [0.2, 0.25) is 17.7 Å². The lowest BCUT2D eigenvalue weighted by atomic mass is 9.81. The van der Waals surface area contributed by atoms with Gasteiger partial charge in [-0.25, -0.2) is 0 Å². The van der Waals surface area contributed by atoms with Gasteiger partial charge in [-0.05, 0) is 31.0 Å². The average Bonchev–Trinajstić information content (AvgIpc) is 2.84. The van der Waals surface area contributed by atoms with Gasteiger partial charge in [-0.15, -0.1) is 0 Å². The summed E-state index contributed by atoms with van der Waals surface area (Å²) >= 11 is 6.03. The molecule has 140 valence electrons. The normalized spacial score (nSPS) is 22.3. The molecule has 2 unspecified atom stereocenters. The highest BCUT2D eigenvalue weighted by Gasteiger charge is 2.47. The van der Waals surface area contributed by atoms with Crippen molar-refractivity contribution in [3.8, 4) is 0 Å². The first kappa shape index (κ1) is 18.7. The van der Waals surface area contributed by atoms with Crippen molar-refractivity contribution >= 4 is 40.7 Å². The van der Waals surface area contributed by atoms with Crippen LogP contribution in [-0.2, 0) is 14.4 Å². The molecule has 1 heterocycles. The van der Waals surface area contributed by atoms with Crippen molar-refractivity contribution in [2.24, 2.45) is 11.8 Å². The summed E-state index contributed by atoms with van der Waals surface area (Å²) in [5, 5.41) is 3.36. The molecule has 1 aromatic carbocycles. The van der Waals surface area contributed by atoms with E-state index in [-0.39, 0.29) is 42.5 Å². The van der Waals surface area contributed by atoms with Crippen molar-refractivity contribution in [2.75, 3.05) is 30.9 Å². The van der Waals surface area contributed by atoms with Crippen LogP contribution in [0, 0.1) is 11.8 Å². The summed E-state index contributed by atoms with van der Waals surface area (Å²) in [6, 6.07) is 5.28. The number of halogens is 1. The van der Waals surface area contributed by atoms with E-state index in [4.69, 9.17) is 11.6 Å². The van der Waals surface area contributed by atoms with Gasteiger partial charge < -0.3 is 10.2 Å². The zero-order chi connectivity index (χ0) is 18.8. The van der Waals surface area contributed by atoms with E-state index >= 15 is 0 Å². The molecule has 1 aliphatic carbocycles. The third-order valence-electron chi connectivity index (χ3n) is 5.21. The zero-order valence-electron chi connectivity index (χ0n) is 15.1. The summed E-state index contributed by atoms with van der Waals surface area (Å²) in [6.07, 6.45) is 3.64. The van der Waals surface area contributed by atoms with Crippen LogP contribution in [0.5, 0.6) is 0 Å². The smallest absolute Gasteiger partial charge is 0.233 e. The topological polar surface area (TPSA) is 69.7 Å². The Morgan fingerprint density at radius 3 is 2.38 bits per heavy atom. The maximum atomic E-state index is 12.5. The van der Waals surface area contributed by atoms with Gasteiger partial charge in [-0.2, -0.15) is 0 Å². The van der Waals surface area contributed by atoms with Crippen molar-refractivity contribution < 1.29 is 14.4 Å². The molecular formula is C19H24ClN3O3. The number of benzene rings is 1. The minimum absolute atomic E-state index is 0.0797. The van der Waals surface area contributed by atoms with Gasteiger partial charge in [0.05, 0.1) is 23.2 Å². The summed E-state index contributed by atoms with van der Waals surface area (Å²) in [4.78, 5) is 40.4. The van der Waals surface area contributed by atoms with Gasteiger partial charge in [0.1, 0.15) is 0 Å². The monoisotopic (exact) mass is 377 g/mol. The second-order valence-electron chi connectivity index (χ2n) is 7.18. The van der Waals surface area contributed by atoms with Crippen LogP contribution in [0.1, 0.15) is 32.1 Å². The van der Waals surface area contributed by atoms with Gasteiger partial charge in [-0.1, -0.05) is 24.4 Å². The fourth-order valence-corrected chi connectivity index (χ4v) is 4.05. The minimum Gasteiger partial charge on any atom is -0.376 e. The molecule has 2 aliphatic rings. The van der Waals surface area contributed by atoms with E-state index in [0.29, 0.717) is 10.7 Å². The van der Waals surface area contributed by atoms with Crippen molar-refractivity contribution in [2.45, 2.75) is 32.1 Å². The van der Waals surface area contributed by atoms with Crippen LogP contribution in [0.4, 0.5) is 11.4 Å². The number of carbonyl (C=O) groups excluding carboxylic acids is 3. The van der Waals surface area contributed by atoms with E-state index in [1.165, 1.54) is 4.90 Å². The largest absolute Gasteiger partial charge is 0.376 e. The maximum absolute atomic E-state index is 12.5. The lowest BCUT2D eigenvalue weighted by Crippen LogP contribution is -2.34. The van der Waals surface area contributed by atoms with Crippen molar-refractivity contribution in [3.63, 3.8) is 0 Å². The summed E-state index contributed by atoms with van der Waals surface area (Å²) in [5.74, 6) is -0.806. The molecule has 1 saturated carbocycles. The quantitative estimate of drug-likeness (QED) is 0.801. The van der Waals surface area contributed by atoms with E-state index < -0.39 is 0 Å². The molecule has 1 aliphatic heterocycles. The first-order chi connectivity index (χ1) is 12.4. The Morgan fingerprint density at radius 1 is 1.19 bits per heavy atom. The van der Waals surface area contributed by atoms with Gasteiger partial charge >= 0.3 is 0 Å². The molecule has 0 spiro atoms. The minimum atomic E-state index is -0.245. The average molecular weight is 378 g/mol. The number of anilines is 2. The Kier molecular flexibility index (Phi) is 5.51. The molecule has 26 heavy (non-hydrogen) atoms. The van der Waals surface area contributed by atoms with E-state index in [1.54, 1.807) is 12.1 Å². The number of imide groups is 1. The van der Waals surface area contributed by atoms with Gasteiger partial charge in [0, 0.05) is 32.1 Å². The molecule has 3 amide bonds. The Morgan fingerprint density at radius 2 is 1.81 bits per heavy atom. The molecule has 2 fully saturated rings. The SMILES string of the molecule is CN(C)c1ccc(Cl)cc1NC(=O)CCN1C(=O)C2CCCCC2C1=O. The molecular weight excluding hydrogens is 354 g/mol. The van der Waals surface area contributed by atoms with Gasteiger partial charge in [0.25, 0.3) is 0 Å². The lowest BCUT2D eigenvalue weighted by Gasteiger charge is -2.19. The van der Waals surface area contributed by atoms with Crippen LogP contribution >= 0.6 is 11.6 Å². The van der Waals surface area contributed by atoms with Crippen LogP contribution in [0.2, 0.25) is 5.02 Å². The van der Waals surface area contributed by atoms with E-state index in [9.17, 15) is 14.4 Å². The summed E-state index contributed by atoms with van der Waals surface area (Å²) in [5.41, 5.74) is 1.45. The summed E-state index contributed by atoms with van der Waals surface area (Å²) in [7, 11) is 3.75. The number of carbonyl (C=O) groups is 3. The second kappa shape index (κ2) is 7.66. The number of amides is 3. The first-order valence-corrected chi connectivity index (χ1v) is 9.38. The van der Waals surface area contributed by atoms with Crippen LogP contribution in [-0.4, -0.2) is 43.3 Å². The molecule has 2 atom stereocenters. The highest BCUT2D eigenvalue weighted by Crippen LogP contribution is 2.38. The van der Waals surface area contributed by atoms with Crippen LogP contribution < -0.4 is 10.2 Å². The van der Waals surface area contributed by atoms with Crippen molar-refractivity contribution in [3.05, 3.63) is 23.2 Å². The Labute approximate surface area is 158 Å². The highest BCUT2D eigenvalue weighted by molar-refractivity contribution is 6.31. The predicted molar refractivity (Wildman–Crippen MR) is 101 cm³/mol. The van der Waals surface area contributed by atoms with Crippen molar-refractivity contribution in [1.82, 2.24) is 4.90 Å². The molecule has 1 N–H and O–H groups in total. The van der Waals surface area contributed by atoms with E-state index in [1.807, 2.05) is 25.1 Å². The Hall–Kier alpha value is -2.08. The highest BCUT2D eigenvalue weighted by atomic mass is 35.5. The number of hydrogen-bond donors (Lipinski definition) is 1. The third kappa shape index (κ3) is 3.70. The molecule has 1 saturated heterocycles. The van der Waals surface area contributed by atoms with Crippen LogP contribution in [0.3, 0.4) is 0 Å². The number of nitrogens with zero attached hydrogens (tertiary/aromatic N) is 2. The number of fused-ring (bicyclic) bond motifs is 1. The maximum Gasteiger partial charge on any atom is 0.233 e. The number of likely N-dealkylation sites (tertiary alicyclic amines) is 1. The molecule has 3 rings (SSSR count). The molecule has 0 bridgehead atoms. The molecule has 6 nitrogen and oxygen atoms in total. The summed E-state index contributed by atoms with van der Waals surface area (Å²) < 4.78 is 0. The fraction of sp³-hybridized carbons (Fsp3) is 0.526. The fourth-order valence-electron chi connectivity index (χ4n) is 3.88. The number of hydrogen-bond acceptors (Lipinski definition) is 4. The molecule has 0 aromatic heterocycles. The van der Waals surface area contributed by atoms with Gasteiger partial charge in [-0.3, -0.25) is 19.3 Å². The van der Waals surface area contributed by atoms with Gasteiger partial charge in [0.15, 0.2) is 0 Å². The van der Waals surface area contributed by atoms with E-state index in [2.05, 4.69) is 5.32 Å².